The number of benzene rings is 1. The lowest BCUT2D eigenvalue weighted by atomic mass is 10.1. The van der Waals surface area contributed by atoms with Gasteiger partial charge in [-0.15, -0.1) is 0 Å². The van der Waals surface area contributed by atoms with Crippen LogP contribution in [0.25, 0.3) is 28.3 Å². The van der Waals surface area contributed by atoms with Crippen LogP contribution in [0.5, 0.6) is 5.88 Å². The molecule has 5 aromatic rings. The summed E-state index contributed by atoms with van der Waals surface area (Å²) in [5, 5.41) is 4.27. The van der Waals surface area contributed by atoms with Crippen LogP contribution < -0.4 is 9.46 Å². The predicted molar refractivity (Wildman–Crippen MR) is 123 cm³/mol. The fourth-order valence-corrected chi connectivity index (χ4v) is 4.85. The highest BCUT2D eigenvalue weighted by molar-refractivity contribution is 7.92. The summed E-state index contributed by atoms with van der Waals surface area (Å²) in [4.78, 5) is 14.7. The number of nitrogens with zero attached hydrogens (tertiary/aromatic N) is 5. The quantitative estimate of drug-likeness (QED) is 0.349. The van der Waals surface area contributed by atoms with Crippen LogP contribution in [-0.2, 0) is 10.0 Å². The normalized spacial score (nSPS) is 11.7. The van der Waals surface area contributed by atoms with Gasteiger partial charge in [0.1, 0.15) is 17.8 Å². The third-order valence-corrected chi connectivity index (χ3v) is 6.55. The number of hydrogen-bond acceptors (Lipinski definition) is 7. The maximum absolute atomic E-state index is 15.4. The third-order valence-electron chi connectivity index (χ3n) is 4.98. The fraction of sp³-hybridized carbons (Fsp3) is 0.0476. The van der Waals surface area contributed by atoms with Gasteiger partial charge in [-0.1, -0.05) is 11.6 Å². The topological polar surface area (TPSA) is 127 Å². The van der Waals surface area contributed by atoms with Gasteiger partial charge in [0.25, 0.3) is 10.0 Å². The number of sulfonamides is 1. The Morgan fingerprint density at radius 3 is 2.71 bits per heavy atom. The van der Waals surface area contributed by atoms with E-state index in [4.69, 9.17) is 16.3 Å². The first-order valence-corrected chi connectivity index (χ1v) is 11.7. The second-order valence-electron chi connectivity index (χ2n) is 7.13. The maximum atomic E-state index is 15.4. The highest BCUT2D eigenvalue weighted by atomic mass is 35.5. The van der Waals surface area contributed by atoms with Crippen LogP contribution in [0.2, 0.25) is 5.02 Å². The Bertz CT molecular complexity index is 1670. The number of ether oxygens (including phenoxy) is 1. The molecule has 10 nitrogen and oxygen atoms in total. The van der Waals surface area contributed by atoms with E-state index in [2.05, 4.69) is 29.8 Å². The van der Waals surface area contributed by atoms with E-state index < -0.39 is 37.8 Å². The number of anilines is 1. The minimum Gasteiger partial charge on any atom is -0.480 e. The van der Waals surface area contributed by atoms with Crippen molar-refractivity contribution < 1.29 is 21.9 Å². The Kier molecular flexibility index (Phi) is 5.57. The van der Waals surface area contributed by atoms with Crippen molar-refractivity contribution in [3.05, 3.63) is 71.9 Å². The predicted octanol–water partition coefficient (Wildman–Crippen LogP) is 3.92. The smallest absolute Gasteiger partial charge is 0.267 e. The van der Waals surface area contributed by atoms with Crippen LogP contribution >= 0.6 is 11.6 Å². The number of hydrogen-bond donors (Lipinski definition) is 2. The Morgan fingerprint density at radius 2 is 1.97 bits per heavy atom. The molecule has 2 N–H and O–H groups in total. The molecular weight excluding hydrogens is 504 g/mol. The van der Waals surface area contributed by atoms with Gasteiger partial charge in [-0.3, -0.25) is 4.72 Å². The van der Waals surface area contributed by atoms with E-state index in [1.54, 1.807) is 18.5 Å². The molecule has 0 aliphatic heterocycles. The molecule has 0 radical (unpaired) electrons. The van der Waals surface area contributed by atoms with E-state index in [0.29, 0.717) is 17.0 Å². The molecule has 0 saturated carbocycles. The van der Waals surface area contributed by atoms with Crippen molar-refractivity contribution >= 4 is 32.8 Å². The van der Waals surface area contributed by atoms with Gasteiger partial charge in [0, 0.05) is 18.6 Å². The highest BCUT2D eigenvalue weighted by Crippen LogP contribution is 2.33. The van der Waals surface area contributed by atoms with E-state index in [9.17, 15) is 12.8 Å². The lowest BCUT2D eigenvalue weighted by Crippen LogP contribution is -2.16. The molecule has 0 aliphatic carbocycles. The molecule has 0 fully saturated rings. The molecule has 0 unspecified atom stereocenters. The molecule has 0 aliphatic rings. The number of H-pyrrole nitrogens is 1. The Labute approximate surface area is 201 Å². The lowest BCUT2D eigenvalue weighted by Gasteiger charge is -2.14. The summed E-state index contributed by atoms with van der Waals surface area (Å²) >= 11 is 5.87. The van der Waals surface area contributed by atoms with Crippen LogP contribution in [0.3, 0.4) is 0 Å². The first-order valence-electron chi connectivity index (χ1n) is 9.83. The molecule has 1 aromatic carbocycles. The van der Waals surface area contributed by atoms with Gasteiger partial charge < -0.3 is 9.72 Å². The lowest BCUT2D eigenvalue weighted by molar-refractivity contribution is 0.385. The number of methoxy groups -OCH3 is 1. The molecule has 0 spiro atoms. The summed E-state index contributed by atoms with van der Waals surface area (Å²) in [6.45, 7) is 0. The summed E-state index contributed by atoms with van der Waals surface area (Å²) in [6.07, 6.45) is 5.77. The molecule has 4 heterocycles. The van der Waals surface area contributed by atoms with Crippen LogP contribution in [-0.4, -0.2) is 45.1 Å². The Balaban J connectivity index is 1.56. The number of aromatic nitrogens is 6. The van der Waals surface area contributed by atoms with Crippen molar-refractivity contribution in [1.82, 2.24) is 29.5 Å². The number of aromatic amines is 1. The molecule has 0 atom stereocenters. The van der Waals surface area contributed by atoms with E-state index in [1.165, 1.54) is 30.2 Å². The average molecular weight is 518 g/mol. The first kappa shape index (κ1) is 22.7. The molecule has 4 aromatic heterocycles. The summed E-state index contributed by atoms with van der Waals surface area (Å²) < 4.78 is 64.4. The Morgan fingerprint density at radius 1 is 1.14 bits per heavy atom. The van der Waals surface area contributed by atoms with E-state index >= 15 is 4.39 Å². The minimum atomic E-state index is -4.40. The van der Waals surface area contributed by atoms with Crippen molar-refractivity contribution in [1.29, 1.82) is 0 Å². The van der Waals surface area contributed by atoms with Gasteiger partial charge in [0.2, 0.25) is 5.88 Å². The number of fused-ring (bicyclic) bond motifs is 1. The minimum absolute atomic E-state index is 0.0261. The van der Waals surface area contributed by atoms with Gasteiger partial charge in [-0.25, -0.2) is 36.7 Å². The summed E-state index contributed by atoms with van der Waals surface area (Å²) in [5.74, 6) is -1.85. The average Bonchev–Trinajstić information content (AvgIpc) is 3.50. The number of pyridine rings is 1. The molecule has 5 rings (SSSR count). The first-order chi connectivity index (χ1) is 16.8. The molecular formula is C21H14ClF2N7O3S. The van der Waals surface area contributed by atoms with Crippen molar-refractivity contribution in [2.45, 2.75) is 4.90 Å². The number of imidazole rings is 2. The van der Waals surface area contributed by atoms with E-state index in [0.717, 1.165) is 18.2 Å². The highest BCUT2D eigenvalue weighted by Gasteiger charge is 2.25. The molecule has 14 heteroatoms. The van der Waals surface area contributed by atoms with Gasteiger partial charge in [-0.05, 0) is 30.3 Å². The van der Waals surface area contributed by atoms with Crippen LogP contribution in [0.4, 0.5) is 14.5 Å². The monoisotopic (exact) mass is 517 g/mol. The fourth-order valence-electron chi connectivity index (χ4n) is 3.42. The molecule has 0 amide bonds. The zero-order valence-electron chi connectivity index (χ0n) is 17.7. The summed E-state index contributed by atoms with van der Waals surface area (Å²) in [6, 6.07) is 5.96. The van der Waals surface area contributed by atoms with Gasteiger partial charge in [-0.2, -0.15) is 5.10 Å². The van der Waals surface area contributed by atoms with Crippen LogP contribution in [0.1, 0.15) is 0 Å². The van der Waals surface area contributed by atoms with Crippen molar-refractivity contribution in [3.63, 3.8) is 0 Å². The standard InChI is InChI=1S/C21H14ClF2N7O3S/c1-34-21-16(8-11(22)9-27-21)35(32,33)30-14-3-2-12(23)17(18(14)24)13-4-5-15-19(20-25-6-7-26-20)28-10-31(15)29-13/h2-10,30H,1H3,(H,25,26). The molecule has 178 valence electrons. The second kappa shape index (κ2) is 8.60. The van der Waals surface area contributed by atoms with E-state index in [-0.39, 0.29) is 16.6 Å². The molecule has 0 saturated heterocycles. The molecule has 35 heavy (non-hydrogen) atoms. The van der Waals surface area contributed by atoms with Crippen molar-refractivity contribution in [3.8, 4) is 28.7 Å². The van der Waals surface area contributed by atoms with Gasteiger partial charge in [0.15, 0.2) is 16.5 Å². The summed E-state index contributed by atoms with van der Waals surface area (Å²) in [5.41, 5.74) is -0.0785. The maximum Gasteiger partial charge on any atom is 0.267 e. The Hall–Kier alpha value is -4.10. The largest absolute Gasteiger partial charge is 0.480 e. The van der Waals surface area contributed by atoms with Crippen LogP contribution in [0.15, 0.2) is 60.1 Å². The van der Waals surface area contributed by atoms with Crippen LogP contribution in [0, 0.1) is 11.6 Å². The van der Waals surface area contributed by atoms with Gasteiger partial charge in [0.05, 0.1) is 34.6 Å². The SMILES string of the molecule is COc1ncc(Cl)cc1S(=O)(=O)Nc1ccc(F)c(-c2ccc3c(-c4ncc[nH]4)ncn3n2)c1F. The van der Waals surface area contributed by atoms with Gasteiger partial charge >= 0.3 is 0 Å². The number of nitrogens with one attached hydrogen (secondary N) is 2. The number of rotatable bonds is 6. The summed E-state index contributed by atoms with van der Waals surface area (Å²) in [7, 11) is -3.18. The third kappa shape index (κ3) is 4.04. The number of halogens is 3. The molecule has 0 bridgehead atoms. The zero-order chi connectivity index (χ0) is 24.7. The van der Waals surface area contributed by atoms with Crippen molar-refractivity contribution in [2.75, 3.05) is 11.8 Å². The van der Waals surface area contributed by atoms with E-state index in [1.807, 2.05) is 0 Å². The van der Waals surface area contributed by atoms with Crippen molar-refractivity contribution in [2.24, 2.45) is 0 Å². The zero-order valence-corrected chi connectivity index (χ0v) is 19.3. The second-order valence-corrected chi connectivity index (χ2v) is 9.22.